The van der Waals surface area contributed by atoms with Gasteiger partial charge in [0.1, 0.15) is 0 Å². The van der Waals surface area contributed by atoms with Crippen molar-refractivity contribution in [1.82, 2.24) is 9.97 Å². The van der Waals surface area contributed by atoms with Gasteiger partial charge >= 0.3 is 31.4 Å². The Morgan fingerprint density at radius 3 is 1.34 bits per heavy atom. The Bertz CT molecular complexity index is 1390. The van der Waals surface area contributed by atoms with Crippen molar-refractivity contribution >= 4 is 70.5 Å². The monoisotopic (exact) mass is 670 g/mol. The van der Waals surface area contributed by atoms with Gasteiger partial charge in [-0.15, -0.1) is 0 Å². The molecule has 0 bridgehead atoms. The smallest absolute Gasteiger partial charge is 0.753 e. The zero-order valence-electron chi connectivity index (χ0n) is 21.0. The molecule has 2 aromatic carbocycles. The van der Waals surface area contributed by atoms with E-state index in [1.54, 1.807) is 49.1 Å². The number of aromatic nitrogens is 2. The third-order valence-electron chi connectivity index (χ3n) is 4.25. The number of thiocarbonyl (C=S) groups is 2. The molecule has 0 unspecified atom stereocenters. The fourth-order valence-corrected chi connectivity index (χ4v) is 2.62. The molecule has 0 amide bonds. The van der Waals surface area contributed by atoms with Crippen LogP contribution in [0.25, 0.3) is 10.8 Å². The number of carbonyl (C=O) groups is 2. The normalized spacial score (nSPS) is 9.17. The molecule has 4 rings (SSSR count). The average molecular weight is 670 g/mol. The summed E-state index contributed by atoms with van der Waals surface area (Å²) in [7, 11) is 0. The summed E-state index contributed by atoms with van der Waals surface area (Å²) in [5.41, 5.74) is 3.09. The zero-order chi connectivity index (χ0) is 29.6. The van der Waals surface area contributed by atoms with Crippen LogP contribution in [0.3, 0.4) is 0 Å². The summed E-state index contributed by atoms with van der Waals surface area (Å²) in [5, 5.41) is 34.6. The number of nitrogens with zero attached hydrogens (tertiary/aromatic N) is 6. The summed E-state index contributed by atoms with van der Waals surface area (Å²) in [6.45, 7) is 0. The van der Waals surface area contributed by atoms with E-state index in [0.717, 1.165) is 11.4 Å². The zero-order valence-corrected chi connectivity index (χ0v) is 24.3. The number of hydrogen-bond donors (Lipinski definition) is 2. The van der Waals surface area contributed by atoms with Crippen LogP contribution in [0.4, 0.5) is 11.4 Å². The Balaban J connectivity index is 0.000000642. The van der Waals surface area contributed by atoms with Crippen LogP contribution in [0.5, 0.6) is 0 Å². The van der Waals surface area contributed by atoms with Crippen molar-refractivity contribution in [2.24, 2.45) is 9.98 Å². The first-order valence-corrected chi connectivity index (χ1v) is 11.8. The Hall–Kier alpha value is -4.76. The fourth-order valence-electron chi connectivity index (χ4n) is 2.62. The molecule has 0 aliphatic heterocycles. The summed E-state index contributed by atoms with van der Waals surface area (Å²) < 4.78 is 0. The van der Waals surface area contributed by atoms with E-state index >= 15 is 0 Å². The average Bonchev–Trinajstić information content (AvgIpc) is 2.97. The van der Waals surface area contributed by atoms with E-state index < -0.39 is 11.9 Å². The van der Waals surface area contributed by atoms with E-state index in [-0.39, 0.29) is 30.6 Å². The van der Waals surface area contributed by atoms with E-state index in [2.05, 4.69) is 44.4 Å². The number of carboxylic acids is 2. The minimum atomic E-state index is -0.958. The first kappa shape index (κ1) is 36.2. The summed E-state index contributed by atoms with van der Waals surface area (Å²) in [6, 6.07) is 23.9. The molecule has 2 aromatic heterocycles. The van der Waals surface area contributed by atoms with E-state index in [1.807, 2.05) is 36.4 Å². The largest absolute Gasteiger partial charge is 2.00 e. The van der Waals surface area contributed by atoms with Gasteiger partial charge < -0.3 is 21.0 Å². The number of benzene rings is 2. The van der Waals surface area contributed by atoms with Crippen LogP contribution in [0.2, 0.25) is 0 Å². The molecule has 0 saturated heterocycles. The minimum Gasteiger partial charge on any atom is -0.753 e. The fraction of sp³-hybridized carbons (Fsp3) is 0. The molecule has 0 spiro atoms. The molecule has 0 saturated carbocycles. The van der Waals surface area contributed by atoms with Crippen molar-refractivity contribution in [1.29, 1.82) is 0 Å². The van der Waals surface area contributed by atoms with Gasteiger partial charge in [-0.1, -0.05) is 48.7 Å². The van der Waals surface area contributed by atoms with Crippen molar-refractivity contribution < 1.29 is 39.3 Å². The van der Waals surface area contributed by atoms with Gasteiger partial charge in [-0.25, -0.2) is 9.59 Å². The van der Waals surface area contributed by atoms with Crippen molar-refractivity contribution in [2.45, 2.75) is 0 Å². The third-order valence-corrected chi connectivity index (χ3v) is 4.25. The molecule has 4 aromatic rings. The predicted molar refractivity (Wildman–Crippen MR) is 162 cm³/mol. The van der Waals surface area contributed by atoms with Gasteiger partial charge in [-0.3, -0.25) is 20.0 Å². The molecule has 2 heterocycles. The predicted octanol–water partition coefficient (Wildman–Crippen LogP) is 6.38. The molecular weight excluding hydrogens is 650 g/mol. The number of pyridine rings is 2. The minimum absolute atomic E-state index is 0. The van der Waals surface area contributed by atoms with Crippen LogP contribution >= 0.6 is 24.4 Å². The van der Waals surface area contributed by atoms with Gasteiger partial charge in [0, 0.05) is 12.4 Å². The number of rotatable bonds is 6. The van der Waals surface area contributed by atoms with E-state index in [0.29, 0.717) is 11.4 Å². The van der Waals surface area contributed by atoms with E-state index in [4.69, 9.17) is 21.0 Å². The molecular formula is C28H20N6O4RuS2. The van der Waals surface area contributed by atoms with Gasteiger partial charge in [0.25, 0.3) is 0 Å². The van der Waals surface area contributed by atoms with Gasteiger partial charge in [-0.2, -0.15) is 10.3 Å². The van der Waals surface area contributed by atoms with Crippen LogP contribution in [0, 0.1) is 0 Å². The van der Waals surface area contributed by atoms with Gasteiger partial charge in [-0.05, 0) is 60.7 Å². The number of carboxylic acid groups (broad SMARTS) is 2. The van der Waals surface area contributed by atoms with Crippen molar-refractivity contribution in [3.05, 3.63) is 131 Å². The quantitative estimate of drug-likeness (QED) is 0.135. The SMILES string of the molecule is O=C(O)c1cccc(N=Cc2ccccn2)c1.O=C(O)c1cccc(N=Cc2ccccn2)c1.[N-]=C=S.[N-]=C=S.[Ru+2]. The number of aromatic carboxylic acids is 2. The van der Waals surface area contributed by atoms with Gasteiger partial charge in [0.05, 0.1) is 46.3 Å². The van der Waals surface area contributed by atoms with Crippen LogP contribution in [-0.2, 0) is 19.5 Å². The summed E-state index contributed by atoms with van der Waals surface area (Å²) >= 11 is 7.40. The summed E-state index contributed by atoms with van der Waals surface area (Å²) in [4.78, 5) is 38.0. The van der Waals surface area contributed by atoms with Crippen LogP contribution in [-0.4, -0.2) is 54.9 Å². The van der Waals surface area contributed by atoms with Crippen molar-refractivity contribution in [3.63, 3.8) is 0 Å². The second kappa shape index (κ2) is 22.1. The Labute approximate surface area is 259 Å². The molecule has 13 heteroatoms. The first-order chi connectivity index (χ1) is 19.3. The molecule has 206 valence electrons. The molecule has 0 aliphatic carbocycles. The molecule has 0 aliphatic rings. The molecule has 41 heavy (non-hydrogen) atoms. The maximum absolute atomic E-state index is 10.8. The van der Waals surface area contributed by atoms with Gasteiger partial charge in [0.15, 0.2) is 0 Å². The second-order valence-electron chi connectivity index (χ2n) is 6.92. The van der Waals surface area contributed by atoms with E-state index in [9.17, 15) is 9.59 Å². The number of isothiocyanates is 2. The number of aliphatic imine (C=N–C) groups is 2. The van der Waals surface area contributed by atoms with Gasteiger partial charge in [0.2, 0.25) is 0 Å². The standard InChI is InChI=1S/2C13H10N2O2.2CNS.Ru/c2*16-13(17)10-4-3-6-11(8-10)15-9-12-5-1-2-7-14-12;2*2-1-3;/h2*1-9H,(H,16,17);;;/q;;2*-1;+2. The summed E-state index contributed by atoms with van der Waals surface area (Å²) in [6.07, 6.45) is 6.55. The maximum atomic E-state index is 10.8. The van der Waals surface area contributed by atoms with E-state index in [1.165, 1.54) is 34.6 Å². The third kappa shape index (κ3) is 16.1. The van der Waals surface area contributed by atoms with Crippen LogP contribution in [0.15, 0.2) is 107 Å². The Morgan fingerprint density at radius 1 is 0.683 bits per heavy atom. The van der Waals surface area contributed by atoms with Crippen LogP contribution < -0.4 is 0 Å². The second-order valence-corrected chi connectivity index (χ2v) is 7.28. The molecule has 0 fully saturated rings. The number of hydrogen-bond acceptors (Lipinski definition) is 8. The topological polar surface area (TPSA) is 170 Å². The maximum Gasteiger partial charge on any atom is 2.00 e. The molecule has 0 radical (unpaired) electrons. The summed E-state index contributed by atoms with van der Waals surface area (Å²) in [5.74, 6) is -1.92. The molecule has 0 atom stereocenters. The molecule has 2 N–H and O–H groups in total. The van der Waals surface area contributed by atoms with Crippen molar-refractivity contribution in [2.75, 3.05) is 0 Å². The first-order valence-electron chi connectivity index (χ1n) is 10.9. The van der Waals surface area contributed by atoms with Crippen LogP contribution in [0.1, 0.15) is 32.1 Å². The van der Waals surface area contributed by atoms with Crippen molar-refractivity contribution in [3.8, 4) is 0 Å². The molecule has 10 nitrogen and oxygen atoms in total. The Morgan fingerprint density at radius 2 is 1.05 bits per heavy atom. The Kier molecular flexibility index (Phi) is 19.5.